The molecule has 0 unspecified atom stereocenters. The zero-order chi connectivity index (χ0) is 15.0. The zero-order valence-corrected chi connectivity index (χ0v) is 13.0. The lowest BCUT2D eigenvalue weighted by atomic mass is 9.73. The van der Waals surface area contributed by atoms with Crippen LogP contribution in [0, 0.1) is 5.41 Å². The molecule has 0 bridgehead atoms. The van der Waals surface area contributed by atoms with Gasteiger partial charge in [-0.25, -0.2) is 0 Å². The van der Waals surface area contributed by atoms with Gasteiger partial charge in [0.05, 0.1) is 5.56 Å². The van der Waals surface area contributed by atoms with Crippen LogP contribution in [0.1, 0.15) is 51.3 Å². The molecule has 1 aliphatic carbocycles. The van der Waals surface area contributed by atoms with Gasteiger partial charge < -0.3 is 9.63 Å². The molecule has 3 rings (SSSR count). The van der Waals surface area contributed by atoms with Gasteiger partial charge in [-0.05, 0) is 49.3 Å². The van der Waals surface area contributed by atoms with Crippen LogP contribution in [-0.4, -0.2) is 15.2 Å². The van der Waals surface area contributed by atoms with Crippen molar-refractivity contribution in [1.82, 2.24) is 10.1 Å². The van der Waals surface area contributed by atoms with Crippen molar-refractivity contribution in [2.24, 2.45) is 5.41 Å². The quantitative estimate of drug-likeness (QED) is 0.867. The lowest BCUT2D eigenvalue weighted by Gasteiger charge is -2.32. The molecule has 4 nitrogen and oxygen atoms in total. The molecule has 21 heavy (non-hydrogen) atoms. The molecule has 1 N–H and O–H groups in total. The van der Waals surface area contributed by atoms with Crippen molar-refractivity contribution >= 4 is 11.6 Å². The normalized spacial score (nSPS) is 18.8. The van der Waals surface area contributed by atoms with Crippen LogP contribution in [0.2, 0.25) is 5.02 Å². The Morgan fingerprint density at radius 2 is 2.00 bits per heavy atom. The van der Waals surface area contributed by atoms with E-state index in [2.05, 4.69) is 24.0 Å². The maximum absolute atomic E-state index is 9.89. The fraction of sp³-hybridized carbons (Fsp3) is 0.500. The Morgan fingerprint density at radius 3 is 2.71 bits per heavy atom. The SMILES string of the molecule is CC1(C)CCC(c2noc(-c3cc(Cl)ccc3O)n2)CC1. The highest BCUT2D eigenvalue weighted by molar-refractivity contribution is 6.30. The number of aromatic nitrogens is 2. The van der Waals surface area contributed by atoms with Crippen LogP contribution in [0.3, 0.4) is 0 Å². The van der Waals surface area contributed by atoms with Crippen LogP contribution in [0.4, 0.5) is 0 Å². The van der Waals surface area contributed by atoms with Gasteiger partial charge in [-0.1, -0.05) is 30.6 Å². The second-order valence-corrected chi connectivity index (χ2v) is 6.99. The van der Waals surface area contributed by atoms with Gasteiger partial charge in [-0.3, -0.25) is 0 Å². The van der Waals surface area contributed by atoms with E-state index in [9.17, 15) is 5.11 Å². The first kappa shape index (κ1) is 14.4. The molecule has 5 heteroatoms. The van der Waals surface area contributed by atoms with E-state index in [-0.39, 0.29) is 5.75 Å². The Hall–Kier alpha value is -1.55. The molecule has 0 radical (unpaired) electrons. The van der Waals surface area contributed by atoms with Crippen molar-refractivity contribution in [3.8, 4) is 17.2 Å². The summed E-state index contributed by atoms with van der Waals surface area (Å²) in [6.07, 6.45) is 4.49. The molecule has 1 aromatic heterocycles. The minimum atomic E-state index is 0.0966. The number of halogens is 1. The third-order valence-corrected chi connectivity index (χ3v) is 4.57. The minimum absolute atomic E-state index is 0.0966. The summed E-state index contributed by atoms with van der Waals surface area (Å²) in [7, 11) is 0. The minimum Gasteiger partial charge on any atom is -0.507 e. The van der Waals surface area contributed by atoms with Crippen molar-refractivity contribution in [3.63, 3.8) is 0 Å². The molecule has 112 valence electrons. The number of nitrogens with zero attached hydrogens (tertiary/aromatic N) is 2. The number of phenols is 1. The average molecular weight is 307 g/mol. The molecule has 1 heterocycles. The van der Waals surface area contributed by atoms with Crippen LogP contribution >= 0.6 is 11.6 Å². The summed E-state index contributed by atoms with van der Waals surface area (Å²) in [6.45, 7) is 4.60. The van der Waals surface area contributed by atoms with Crippen LogP contribution in [0.15, 0.2) is 22.7 Å². The number of benzene rings is 1. The fourth-order valence-electron chi connectivity index (χ4n) is 2.85. The lowest BCUT2D eigenvalue weighted by Crippen LogP contribution is -2.20. The predicted molar refractivity (Wildman–Crippen MR) is 81.4 cm³/mol. The monoisotopic (exact) mass is 306 g/mol. The van der Waals surface area contributed by atoms with Crippen molar-refractivity contribution in [3.05, 3.63) is 29.0 Å². The Bertz CT molecular complexity index is 641. The van der Waals surface area contributed by atoms with Crippen LogP contribution in [0.5, 0.6) is 5.75 Å². The molecule has 0 amide bonds. The summed E-state index contributed by atoms with van der Waals surface area (Å²) < 4.78 is 5.31. The average Bonchev–Trinajstić information content (AvgIpc) is 2.91. The molecule has 1 fully saturated rings. The molecule has 2 aromatic rings. The highest BCUT2D eigenvalue weighted by atomic mass is 35.5. The van der Waals surface area contributed by atoms with Gasteiger partial charge in [-0.15, -0.1) is 0 Å². The Kier molecular flexibility index (Phi) is 3.66. The summed E-state index contributed by atoms with van der Waals surface area (Å²) in [5, 5.41) is 14.5. The van der Waals surface area contributed by atoms with Gasteiger partial charge in [0.2, 0.25) is 0 Å². The summed E-state index contributed by atoms with van der Waals surface area (Å²) in [5.41, 5.74) is 0.895. The van der Waals surface area contributed by atoms with Crippen LogP contribution < -0.4 is 0 Å². The first-order valence-electron chi connectivity index (χ1n) is 7.27. The molecule has 1 aliphatic rings. The highest BCUT2D eigenvalue weighted by Gasteiger charge is 2.30. The van der Waals surface area contributed by atoms with E-state index in [4.69, 9.17) is 16.1 Å². The molecule has 0 saturated heterocycles. The Morgan fingerprint density at radius 1 is 1.29 bits per heavy atom. The molecule has 1 aromatic carbocycles. The van der Waals surface area contributed by atoms with Gasteiger partial charge in [-0.2, -0.15) is 4.98 Å². The molecule has 0 atom stereocenters. The molecular formula is C16H19ClN2O2. The van der Waals surface area contributed by atoms with Crippen molar-refractivity contribution in [1.29, 1.82) is 0 Å². The van der Waals surface area contributed by atoms with Crippen molar-refractivity contribution in [2.75, 3.05) is 0 Å². The van der Waals surface area contributed by atoms with E-state index < -0.39 is 0 Å². The van der Waals surface area contributed by atoms with E-state index in [1.165, 1.54) is 18.9 Å². The first-order chi connectivity index (χ1) is 9.94. The number of aromatic hydroxyl groups is 1. The van der Waals surface area contributed by atoms with Crippen molar-refractivity contribution < 1.29 is 9.63 Å². The fourth-order valence-corrected chi connectivity index (χ4v) is 3.02. The standard InChI is InChI=1S/C16H19ClN2O2/c1-16(2)7-5-10(6-8-16)14-18-15(21-19-14)12-9-11(17)3-4-13(12)20/h3-4,9-10,20H,5-8H2,1-2H3. The van der Waals surface area contributed by atoms with E-state index in [0.29, 0.717) is 27.8 Å². The third-order valence-electron chi connectivity index (χ3n) is 4.34. The number of rotatable bonds is 2. The number of hydrogen-bond acceptors (Lipinski definition) is 4. The molecule has 0 aliphatic heterocycles. The summed E-state index contributed by atoms with van der Waals surface area (Å²) in [6, 6.07) is 4.80. The van der Waals surface area contributed by atoms with E-state index in [1.807, 2.05) is 0 Å². The van der Waals surface area contributed by atoms with Gasteiger partial charge in [0, 0.05) is 10.9 Å². The molecule has 0 spiro atoms. The van der Waals surface area contributed by atoms with Gasteiger partial charge in [0.15, 0.2) is 5.82 Å². The summed E-state index contributed by atoms with van der Waals surface area (Å²) >= 11 is 5.95. The van der Waals surface area contributed by atoms with Crippen LogP contribution in [-0.2, 0) is 0 Å². The maximum Gasteiger partial charge on any atom is 0.261 e. The lowest BCUT2D eigenvalue weighted by molar-refractivity contribution is 0.218. The zero-order valence-electron chi connectivity index (χ0n) is 12.3. The van der Waals surface area contributed by atoms with E-state index in [0.717, 1.165) is 18.7 Å². The smallest absolute Gasteiger partial charge is 0.261 e. The van der Waals surface area contributed by atoms with Crippen molar-refractivity contribution in [2.45, 2.75) is 45.4 Å². The topological polar surface area (TPSA) is 59.2 Å². The first-order valence-corrected chi connectivity index (χ1v) is 7.65. The Balaban J connectivity index is 1.82. The maximum atomic E-state index is 9.89. The predicted octanol–water partition coefficient (Wildman–Crippen LogP) is 4.78. The van der Waals surface area contributed by atoms with Gasteiger partial charge in [0.25, 0.3) is 5.89 Å². The highest BCUT2D eigenvalue weighted by Crippen LogP contribution is 2.42. The summed E-state index contributed by atoms with van der Waals surface area (Å²) in [5.74, 6) is 1.51. The second-order valence-electron chi connectivity index (χ2n) is 6.56. The van der Waals surface area contributed by atoms with Gasteiger partial charge in [0.1, 0.15) is 5.75 Å². The Labute approximate surface area is 129 Å². The van der Waals surface area contributed by atoms with E-state index >= 15 is 0 Å². The van der Waals surface area contributed by atoms with E-state index in [1.54, 1.807) is 12.1 Å². The largest absolute Gasteiger partial charge is 0.507 e. The summed E-state index contributed by atoms with van der Waals surface area (Å²) in [4.78, 5) is 4.46. The van der Waals surface area contributed by atoms with Gasteiger partial charge >= 0.3 is 0 Å². The second kappa shape index (κ2) is 5.34. The third kappa shape index (κ3) is 3.05. The molecular weight excluding hydrogens is 288 g/mol. The number of phenolic OH excluding ortho intramolecular Hbond substituents is 1. The van der Waals surface area contributed by atoms with Crippen LogP contribution in [0.25, 0.3) is 11.5 Å². The molecule has 1 saturated carbocycles. The number of hydrogen-bond donors (Lipinski definition) is 1.